The number of nitrogens with zero attached hydrogens (tertiary/aromatic N) is 3. The summed E-state index contributed by atoms with van der Waals surface area (Å²) in [5, 5.41) is 9.68. The fraction of sp³-hybridized carbons (Fsp3) is 0.391. The minimum absolute atomic E-state index is 0.0507. The van der Waals surface area contributed by atoms with Crippen molar-refractivity contribution in [3.8, 4) is 0 Å². The second-order valence-electron chi connectivity index (χ2n) is 7.93. The highest BCUT2D eigenvalue weighted by Crippen LogP contribution is 2.34. The van der Waals surface area contributed by atoms with E-state index in [-0.39, 0.29) is 18.0 Å². The molecule has 2 aliphatic heterocycles. The summed E-state index contributed by atoms with van der Waals surface area (Å²) >= 11 is 0. The Morgan fingerprint density at radius 2 is 1.94 bits per heavy atom. The number of ether oxygens (including phenoxy) is 1. The first-order valence-electron chi connectivity index (χ1n) is 10.6. The van der Waals surface area contributed by atoms with Gasteiger partial charge in [0.15, 0.2) is 0 Å². The topological polar surface area (TPSA) is 85.4 Å². The second kappa shape index (κ2) is 8.85. The van der Waals surface area contributed by atoms with E-state index in [1.54, 1.807) is 29.0 Å². The molecule has 0 saturated carbocycles. The maximum absolute atomic E-state index is 12.5. The second-order valence-corrected chi connectivity index (χ2v) is 7.93. The fourth-order valence-corrected chi connectivity index (χ4v) is 4.28. The molecule has 0 unspecified atom stereocenters. The zero-order valence-corrected chi connectivity index (χ0v) is 17.9. The van der Waals surface area contributed by atoms with Crippen LogP contribution in [0.25, 0.3) is 0 Å². The van der Waals surface area contributed by atoms with Crippen molar-refractivity contribution in [1.29, 1.82) is 0 Å². The van der Waals surface area contributed by atoms with Gasteiger partial charge in [-0.25, -0.2) is 4.79 Å². The zero-order valence-electron chi connectivity index (χ0n) is 17.9. The van der Waals surface area contributed by atoms with Gasteiger partial charge < -0.3 is 14.5 Å². The summed E-state index contributed by atoms with van der Waals surface area (Å²) in [6.45, 7) is 4.27. The third-order valence-corrected chi connectivity index (χ3v) is 6.15. The quantitative estimate of drug-likeness (QED) is 0.712. The summed E-state index contributed by atoms with van der Waals surface area (Å²) in [6, 6.07) is 13.2. The first-order chi connectivity index (χ1) is 15.0. The molecule has 8 nitrogen and oxygen atoms in total. The van der Waals surface area contributed by atoms with Crippen LogP contribution in [-0.4, -0.2) is 54.8 Å². The van der Waals surface area contributed by atoms with Gasteiger partial charge in [-0.05, 0) is 44.0 Å². The molecule has 1 saturated heterocycles. The van der Waals surface area contributed by atoms with Crippen LogP contribution in [0.15, 0.2) is 42.5 Å². The molecule has 164 valence electrons. The van der Waals surface area contributed by atoms with E-state index in [0.29, 0.717) is 37.5 Å². The van der Waals surface area contributed by atoms with Gasteiger partial charge in [0.2, 0.25) is 0 Å². The molecular formula is C23H28N4O4. The number of anilines is 3. The van der Waals surface area contributed by atoms with Gasteiger partial charge in [-0.2, -0.15) is 0 Å². The van der Waals surface area contributed by atoms with Crippen molar-refractivity contribution in [2.24, 2.45) is 0 Å². The maximum atomic E-state index is 12.5. The monoisotopic (exact) mass is 424 g/mol. The highest BCUT2D eigenvalue weighted by molar-refractivity contribution is 5.96. The predicted octanol–water partition coefficient (Wildman–Crippen LogP) is 3.71. The van der Waals surface area contributed by atoms with E-state index < -0.39 is 0 Å². The van der Waals surface area contributed by atoms with Crippen molar-refractivity contribution >= 4 is 29.1 Å². The van der Waals surface area contributed by atoms with Crippen LogP contribution in [0.1, 0.15) is 35.7 Å². The van der Waals surface area contributed by atoms with Gasteiger partial charge in [-0.1, -0.05) is 18.2 Å². The first-order valence-corrected chi connectivity index (χ1v) is 10.6. The highest BCUT2D eigenvalue weighted by atomic mass is 16.6. The normalized spacial score (nSPS) is 16.5. The molecule has 0 aromatic heterocycles. The third kappa shape index (κ3) is 4.03. The number of rotatable bonds is 5. The summed E-state index contributed by atoms with van der Waals surface area (Å²) in [4.78, 5) is 30.5. The third-order valence-electron chi connectivity index (χ3n) is 6.15. The molecule has 2 aromatic rings. The Kier molecular flexibility index (Phi) is 5.99. The van der Waals surface area contributed by atoms with Crippen molar-refractivity contribution < 1.29 is 19.5 Å². The Morgan fingerprint density at radius 1 is 1.19 bits per heavy atom. The molecule has 0 aliphatic carbocycles. The Hall–Kier alpha value is -3.26. The Morgan fingerprint density at radius 3 is 2.65 bits per heavy atom. The van der Waals surface area contributed by atoms with Crippen molar-refractivity contribution in [2.75, 3.05) is 42.0 Å². The number of carbonyl (C=O) groups excluding carboxylic acids is 2. The lowest BCUT2D eigenvalue weighted by molar-refractivity contribution is 0.0802. The van der Waals surface area contributed by atoms with E-state index in [1.165, 1.54) is 0 Å². The SMILES string of the molecule is CCN(C)C(=O)c1ccc(N2CCC(N3C(=O)OCc4ccccc43)CC2)c(NO)c1. The van der Waals surface area contributed by atoms with Crippen LogP contribution in [0.5, 0.6) is 0 Å². The average Bonchev–Trinajstić information content (AvgIpc) is 2.82. The molecule has 0 atom stereocenters. The van der Waals surface area contributed by atoms with E-state index >= 15 is 0 Å². The molecule has 2 aromatic carbocycles. The number of hydrogen-bond acceptors (Lipinski definition) is 6. The molecule has 2 N–H and O–H groups in total. The molecular weight excluding hydrogens is 396 g/mol. The first kappa shape index (κ1) is 21.0. The molecule has 4 rings (SSSR count). The van der Waals surface area contributed by atoms with Crippen molar-refractivity contribution in [3.63, 3.8) is 0 Å². The van der Waals surface area contributed by atoms with Gasteiger partial charge in [0, 0.05) is 43.9 Å². The van der Waals surface area contributed by atoms with Crippen LogP contribution in [0, 0.1) is 0 Å². The van der Waals surface area contributed by atoms with Crippen LogP contribution in [0.4, 0.5) is 21.9 Å². The number of carbonyl (C=O) groups is 2. The number of piperidine rings is 1. The van der Waals surface area contributed by atoms with Gasteiger partial charge in [0.05, 0.1) is 17.1 Å². The summed E-state index contributed by atoms with van der Waals surface area (Å²) < 4.78 is 5.38. The summed E-state index contributed by atoms with van der Waals surface area (Å²) in [5.41, 5.74) is 6.04. The zero-order chi connectivity index (χ0) is 22.0. The summed E-state index contributed by atoms with van der Waals surface area (Å²) in [7, 11) is 1.75. The largest absolute Gasteiger partial charge is 0.444 e. The van der Waals surface area contributed by atoms with Crippen LogP contribution in [0.3, 0.4) is 0 Å². The molecule has 31 heavy (non-hydrogen) atoms. The standard InChI is InChI=1S/C23H28N4O4/c1-3-25(2)22(28)16-8-9-21(19(14-16)24-30)26-12-10-18(11-13-26)27-20-7-5-4-6-17(20)15-31-23(27)29/h4-9,14,18,24,30H,3,10-13,15H2,1-2H3. The number of para-hydroxylation sites is 1. The smallest absolute Gasteiger partial charge is 0.414 e. The number of hydrogen-bond donors (Lipinski definition) is 2. The number of nitrogens with one attached hydrogen (secondary N) is 1. The van der Waals surface area contributed by atoms with E-state index in [4.69, 9.17) is 4.74 Å². The predicted molar refractivity (Wildman–Crippen MR) is 119 cm³/mol. The molecule has 2 amide bonds. The Bertz CT molecular complexity index is 972. The minimum Gasteiger partial charge on any atom is -0.444 e. The molecule has 1 fully saturated rings. The Labute approximate surface area is 182 Å². The van der Waals surface area contributed by atoms with E-state index in [0.717, 1.165) is 29.8 Å². The van der Waals surface area contributed by atoms with E-state index in [2.05, 4.69) is 10.4 Å². The van der Waals surface area contributed by atoms with E-state index in [9.17, 15) is 14.8 Å². The van der Waals surface area contributed by atoms with Gasteiger partial charge >= 0.3 is 6.09 Å². The molecule has 2 heterocycles. The summed E-state index contributed by atoms with van der Waals surface area (Å²) in [6.07, 6.45) is 1.25. The maximum Gasteiger partial charge on any atom is 0.414 e. The summed E-state index contributed by atoms with van der Waals surface area (Å²) in [5.74, 6) is -0.0912. The number of benzene rings is 2. The highest BCUT2D eigenvalue weighted by Gasteiger charge is 2.34. The lowest BCUT2D eigenvalue weighted by atomic mass is 9.99. The number of cyclic esters (lactones) is 1. The van der Waals surface area contributed by atoms with Gasteiger partial charge in [0.25, 0.3) is 5.91 Å². The lowest BCUT2D eigenvalue weighted by Crippen LogP contribution is -2.49. The lowest BCUT2D eigenvalue weighted by Gasteiger charge is -2.41. The van der Waals surface area contributed by atoms with Crippen molar-refractivity contribution in [1.82, 2.24) is 4.90 Å². The number of fused-ring (bicyclic) bond motifs is 1. The molecule has 0 radical (unpaired) electrons. The van der Waals surface area contributed by atoms with E-state index in [1.807, 2.05) is 37.3 Å². The van der Waals surface area contributed by atoms with Crippen molar-refractivity contribution in [3.05, 3.63) is 53.6 Å². The van der Waals surface area contributed by atoms with Crippen LogP contribution in [0.2, 0.25) is 0 Å². The van der Waals surface area contributed by atoms with Crippen LogP contribution >= 0.6 is 0 Å². The molecule has 8 heteroatoms. The van der Waals surface area contributed by atoms with Crippen LogP contribution in [-0.2, 0) is 11.3 Å². The molecule has 2 aliphatic rings. The van der Waals surface area contributed by atoms with Gasteiger partial charge in [-0.15, -0.1) is 0 Å². The number of amides is 2. The van der Waals surface area contributed by atoms with Crippen molar-refractivity contribution in [2.45, 2.75) is 32.4 Å². The van der Waals surface area contributed by atoms with Gasteiger partial charge in [-0.3, -0.25) is 20.4 Å². The minimum atomic E-state index is -0.294. The molecule has 0 bridgehead atoms. The fourth-order valence-electron chi connectivity index (χ4n) is 4.28. The average molecular weight is 425 g/mol. The molecule has 0 spiro atoms. The Balaban J connectivity index is 1.49. The van der Waals surface area contributed by atoms with Gasteiger partial charge in [0.1, 0.15) is 6.61 Å². The van der Waals surface area contributed by atoms with Crippen LogP contribution < -0.4 is 15.3 Å².